The van der Waals surface area contributed by atoms with Crippen molar-refractivity contribution in [2.24, 2.45) is 0 Å². The number of rotatable bonds is 6. The third kappa shape index (κ3) is 6.45. The van der Waals surface area contributed by atoms with Crippen molar-refractivity contribution in [2.45, 2.75) is 0 Å². The molecular formula is C16H27N4O7+. The van der Waals surface area contributed by atoms with Crippen LogP contribution in [0.2, 0.25) is 0 Å². The molecule has 11 heteroatoms. The standard InChI is InChI=1S/C16H26N4O7/c21-13-11-20(12-16(26)27)7-5-18(10-15(24)25)2-1-17(9-14(22)23)3-4-19(13)6-8-20/h1-12H2,(H2-,22,23,24,25,26,27)/p+1. The van der Waals surface area contributed by atoms with E-state index >= 15 is 0 Å². The van der Waals surface area contributed by atoms with E-state index < -0.39 is 17.9 Å². The minimum absolute atomic E-state index is 0.0616. The van der Waals surface area contributed by atoms with Crippen molar-refractivity contribution in [1.29, 1.82) is 0 Å². The van der Waals surface area contributed by atoms with Crippen LogP contribution in [0, 0.1) is 0 Å². The Balaban J connectivity index is 2.20. The minimum atomic E-state index is -1.00. The van der Waals surface area contributed by atoms with Crippen molar-refractivity contribution in [1.82, 2.24) is 14.7 Å². The second kappa shape index (κ2) is 9.11. The average Bonchev–Trinajstić information content (AvgIpc) is 2.53. The summed E-state index contributed by atoms with van der Waals surface area (Å²) in [5.74, 6) is -3.12. The molecule has 3 N–H and O–H groups in total. The smallest absolute Gasteiger partial charge is 0.359 e. The van der Waals surface area contributed by atoms with Crippen LogP contribution in [-0.4, -0.2) is 137 Å². The molecule has 3 rings (SSSR count). The zero-order valence-electron chi connectivity index (χ0n) is 15.2. The lowest BCUT2D eigenvalue weighted by Crippen LogP contribution is -2.66. The molecule has 0 spiro atoms. The molecule has 152 valence electrons. The zero-order valence-corrected chi connectivity index (χ0v) is 15.2. The van der Waals surface area contributed by atoms with Gasteiger partial charge in [-0.05, 0) is 0 Å². The first kappa shape index (κ1) is 21.1. The Bertz CT molecular complexity index is 597. The number of quaternary nitrogens is 1. The molecule has 3 heterocycles. The highest BCUT2D eigenvalue weighted by atomic mass is 16.4. The number of hydrogen-bond donors (Lipinski definition) is 3. The van der Waals surface area contributed by atoms with Gasteiger partial charge >= 0.3 is 17.9 Å². The Morgan fingerprint density at radius 2 is 1.30 bits per heavy atom. The SMILES string of the molecule is O=C(O)CN1CCN(CC(=O)O)CC[N+]2(CC(=O)O)CCN(CC1)C(=O)C2. The Kier molecular flexibility index (Phi) is 7.11. The third-order valence-electron chi connectivity index (χ3n) is 5.17. The lowest BCUT2D eigenvalue weighted by Gasteiger charge is -2.44. The van der Waals surface area contributed by atoms with Crippen LogP contribution in [-0.2, 0) is 19.2 Å². The first-order chi connectivity index (χ1) is 12.7. The summed E-state index contributed by atoms with van der Waals surface area (Å²) in [4.78, 5) is 51.1. The molecule has 27 heavy (non-hydrogen) atoms. The first-order valence-corrected chi connectivity index (χ1v) is 8.92. The quantitative estimate of drug-likeness (QED) is 0.423. The molecule has 3 aliphatic heterocycles. The van der Waals surface area contributed by atoms with E-state index in [0.29, 0.717) is 52.4 Å². The monoisotopic (exact) mass is 387 g/mol. The number of aliphatic carboxylic acids is 3. The van der Waals surface area contributed by atoms with Gasteiger partial charge in [0.2, 0.25) is 0 Å². The van der Waals surface area contributed by atoms with E-state index in [9.17, 15) is 24.3 Å². The minimum Gasteiger partial charge on any atom is -0.480 e. The number of amides is 1. The number of carbonyl (C=O) groups is 4. The third-order valence-corrected chi connectivity index (χ3v) is 5.17. The summed E-state index contributed by atoms with van der Waals surface area (Å²) in [5, 5.41) is 27.5. The zero-order chi connectivity index (χ0) is 20.0. The van der Waals surface area contributed by atoms with Crippen LogP contribution in [0.3, 0.4) is 0 Å². The molecule has 11 nitrogen and oxygen atoms in total. The molecule has 1 amide bonds. The van der Waals surface area contributed by atoms with Gasteiger partial charge in [0, 0.05) is 32.7 Å². The molecule has 3 aliphatic rings. The molecule has 0 aromatic rings. The number of nitrogens with zero attached hydrogens (tertiary/aromatic N) is 4. The van der Waals surface area contributed by atoms with Crippen molar-refractivity contribution >= 4 is 23.8 Å². The summed E-state index contributed by atoms with van der Waals surface area (Å²) in [6.07, 6.45) is 0. The maximum absolute atomic E-state index is 12.5. The van der Waals surface area contributed by atoms with Crippen LogP contribution in [0.4, 0.5) is 0 Å². The topological polar surface area (TPSA) is 139 Å². The number of carbonyl (C=O) groups excluding carboxylic acids is 1. The fraction of sp³-hybridized carbons (Fsp3) is 0.750. The molecule has 3 saturated heterocycles. The van der Waals surface area contributed by atoms with Gasteiger partial charge < -0.3 is 24.7 Å². The maximum atomic E-state index is 12.5. The molecule has 0 radical (unpaired) electrons. The average molecular weight is 387 g/mol. The molecular weight excluding hydrogens is 360 g/mol. The molecule has 0 aromatic heterocycles. The van der Waals surface area contributed by atoms with E-state index in [1.54, 1.807) is 14.7 Å². The van der Waals surface area contributed by atoms with Gasteiger partial charge in [-0.15, -0.1) is 0 Å². The fourth-order valence-electron chi connectivity index (χ4n) is 3.67. The van der Waals surface area contributed by atoms with E-state index in [1.807, 2.05) is 0 Å². The lowest BCUT2D eigenvalue weighted by molar-refractivity contribution is -0.916. The van der Waals surface area contributed by atoms with E-state index in [2.05, 4.69) is 0 Å². The lowest BCUT2D eigenvalue weighted by atomic mass is 10.2. The van der Waals surface area contributed by atoms with Crippen molar-refractivity contribution in [2.75, 3.05) is 78.5 Å². The Morgan fingerprint density at radius 3 is 1.81 bits per heavy atom. The van der Waals surface area contributed by atoms with Crippen LogP contribution < -0.4 is 0 Å². The largest absolute Gasteiger partial charge is 0.480 e. The summed E-state index contributed by atoms with van der Waals surface area (Å²) in [6, 6.07) is 0. The van der Waals surface area contributed by atoms with Gasteiger partial charge in [0.1, 0.15) is 0 Å². The Labute approximate surface area is 156 Å². The van der Waals surface area contributed by atoms with E-state index in [4.69, 9.17) is 10.2 Å². The van der Waals surface area contributed by atoms with Crippen LogP contribution in [0.5, 0.6) is 0 Å². The molecule has 1 unspecified atom stereocenters. The van der Waals surface area contributed by atoms with Gasteiger partial charge in [0.15, 0.2) is 13.1 Å². The normalized spacial score (nSPS) is 25.6. The second-order valence-corrected chi connectivity index (χ2v) is 7.22. The summed E-state index contributed by atoms with van der Waals surface area (Å²) in [5.41, 5.74) is 0. The number of carboxylic acids is 3. The molecule has 3 fully saturated rings. The van der Waals surface area contributed by atoms with Crippen molar-refractivity contribution in [3.63, 3.8) is 0 Å². The van der Waals surface area contributed by atoms with Gasteiger partial charge in [0.05, 0.1) is 32.7 Å². The predicted molar refractivity (Wildman–Crippen MR) is 92.1 cm³/mol. The molecule has 2 bridgehead atoms. The molecule has 0 aliphatic carbocycles. The summed E-state index contributed by atoms with van der Waals surface area (Å²) in [6.45, 7) is 2.54. The Morgan fingerprint density at radius 1 is 0.778 bits per heavy atom. The van der Waals surface area contributed by atoms with Crippen LogP contribution in [0.25, 0.3) is 0 Å². The number of piperazine rings is 1. The summed E-state index contributed by atoms with van der Waals surface area (Å²) >= 11 is 0. The summed E-state index contributed by atoms with van der Waals surface area (Å²) < 4.78 is 0.111. The van der Waals surface area contributed by atoms with E-state index in [-0.39, 0.29) is 36.6 Å². The van der Waals surface area contributed by atoms with Gasteiger partial charge in [-0.25, -0.2) is 4.79 Å². The van der Waals surface area contributed by atoms with Crippen molar-refractivity contribution in [3.05, 3.63) is 0 Å². The van der Waals surface area contributed by atoms with Gasteiger partial charge in [-0.2, -0.15) is 0 Å². The first-order valence-electron chi connectivity index (χ1n) is 8.92. The van der Waals surface area contributed by atoms with Gasteiger partial charge in [0.25, 0.3) is 5.91 Å². The highest BCUT2D eigenvalue weighted by molar-refractivity contribution is 5.78. The maximum Gasteiger partial charge on any atom is 0.359 e. The predicted octanol–water partition coefficient (Wildman–Crippen LogP) is -2.48. The van der Waals surface area contributed by atoms with Gasteiger partial charge in [-0.1, -0.05) is 0 Å². The number of carboxylic acid groups (broad SMARTS) is 3. The summed E-state index contributed by atoms with van der Waals surface area (Å²) in [7, 11) is 0. The fourth-order valence-corrected chi connectivity index (χ4v) is 3.67. The molecule has 0 saturated carbocycles. The van der Waals surface area contributed by atoms with Gasteiger partial charge in [-0.3, -0.25) is 24.2 Å². The number of hydrogen-bond acceptors (Lipinski definition) is 6. The van der Waals surface area contributed by atoms with E-state index in [1.165, 1.54) is 0 Å². The molecule has 1 atom stereocenters. The van der Waals surface area contributed by atoms with Crippen molar-refractivity contribution < 1.29 is 39.0 Å². The van der Waals surface area contributed by atoms with Crippen molar-refractivity contribution in [3.8, 4) is 0 Å². The number of fused-ring (bicyclic) bond motifs is 9. The van der Waals surface area contributed by atoms with E-state index in [0.717, 1.165) is 0 Å². The highest BCUT2D eigenvalue weighted by Crippen LogP contribution is 2.16. The molecule has 0 aromatic carbocycles. The van der Waals surface area contributed by atoms with Crippen LogP contribution in [0.15, 0.2) is 0 Å². The highest BCUT2D eigenvalue weighted by Gasteiger charge is 2.40. The second-order valence-electron chi connectivity index (χ2n) is 7.22. The van der Waals surface area contributed by atoms with Crippen LogP contribution >= 0.6 is 0 Å². The van der Waals surface area contributed by atoms with Crippen LogP contribution in [0.1, 0.15) is 0 Å². The Hall–Kier alpha value is -2.24.